The molecule has 2 N–H and O–H groups in total. The lowest BCUT2D eigenvalue weighted by Crippen LogP contribution is -2.40. The number of amides is 1. The molecule has 7 nitrogen and oxygen atoms in total. The van der Waals surface area contributed by atoms with Crippen molar-refractivity contribution in [2.24, 2.45) is 5.92 Å². The van der Waals surface area contributed by atoms with Crippen molar-refractivity contribution in [3.63, 3.8) is 0 Å². The lowest BCUT2D eigenvalue weighted by atomic mass is 10.0. The second-order valence-corrected chi connectivity index (χ2v) is 5.64. The van der Waals surface area contributed by atoms with E-state index >= 15 is 0 Å². The van der Waals surface area contributed by atoms with Gasteiger partial charge in [0.1, 0.15) is 11.9 Å². The molecule has 0 saturated carbocycles. The Kier molecular flexibility index (Phi) is 5.30. The largest absolute Gasteiger partial charge is 0.573 e. The Bertz CT molecular complexity index is 596. The number of benzene rings is 1. The summed E-state index contributed by atoms with van der Waals surface area (Å²) in [6.45, 7) is 1.09. The van der Waals surface area contributed by atoms with Crippen LogP contribution in [-0.4, -0.2) is 38.1 Å². The third kappa shape index (κ3) is 4.97. The standard InChI is InChI=1S/C15H17F3N2O5/c16-15(17,18)25-10-3-1-9(2-4-10)7-19-20-14(21)24-12-8-23-13-11(12)5-6-22-13/h1-4,11-13,19H,5-8H2,(H,20,21)/t11-,12-,13+/m0/s1. The van der Waals surface area contributed by atoms with Crippen LogP contribution in [0.15, 0.2) is 24.3 Å². The van der Waals surface area contributed by atoms with Crippen molar-refractivity contribution < 1.29 is 36.9 Å². The molecule has 25 heavy (non-hydrogen) atoms. The summed E-state index contributed by atoms with van der Waals surface area (Å²) in [6, 6.07) is 5.29. The number of rotatable bonds is 5. The number of carbonyl (C=O) groups excluding carboxylic acids is 1. The van der Waals surface area contributed by atoms with E-state index in [1.54, 1.807) is 0 Å². The minimum atomic E-state index is -4.72. The van der Waals surface area contributed by atoms with Gasteiger partial charge in [0.15, 0.2) is 6.29 Å². The third-order valence-electron chi connectivity index (χ3n) is 3.88. The van der Waals surface area contributed by atoms with Crippen LogP contribution in [0.5, 0.6) is 5.75 Å². The summed E-state index contributed by atoms with van der Waals surface area (Å²) < 4.78 is 56.0. The molecule has 2 heterocycles. The highest BCUT2D eigenvalue weighted by atomic mass is 19.4. The fourth-order valence-corrected chi connectivity index (χ4v) is 2.74. The number of ether oxygens (including phenoxy) is 4. The van der Waals surface area contributed by atoms with E-state index < -0.39 is 12.5 Å². The van der Waals surface area contributed by atoms with Gasteiger partial charge in [-0.2, -0.15) is 0 Å². The first-order chi connectivity index (χ1) is 11.9. The van der Waals surface area contributed by atoms with E-state index in [9.17, 15) is 18.0 Å². The van der Waals surface area contributed by atoms with Crippen LogP contribution in [0.3, 0.4) is 0 Å². The molecule has 138 valence electrons. The Labute approximate surface area is 141 Å². The number of alkyl halides is 3. The predicted octanol–water partition coefficient (Wildman–Crippen LogP) is 2.08. The monoisotopic (exact) mass is 362 g/mol. The highest BCUT2D eigenvalue weighted by Crippen LogP contribution is 2.32. The number of halogens is 3. The number of hydrogen-bond acceptors (Lipinski definition) is 6. The smallest absolute Gasteiger partial charge is 0.442 e. The van der Waals surface area contributed by atoms with Gasteiger partial charge >= 0.3 is 12.5 Å². The Balaban J connectivity index is 1.38. The van der Waals surface area contributed by atoms with Crippen LogP contribution in [0.2, 0.25) is 0 Å². The lowest BCUT2D eigenvalue weighted by Gasteiger charge is -2.16. The van der Waals surface area contributed by atoms with Crippen molar-refractivity contribution in [1.29, 1.82) is 0 Å². The van der Waals surface area contributed by atoms with Crippen molar-refractivity contribution in [3.05, 3.63) is 29.8 Å². The molecule has 1 amide bonds. The summed E-state index contributed by atoms with van der Waals surface area (Å²) in [5.41, 5.74) is 5.67. The molecule has 0 aliphatic carbocycles. The zero-order valence-corrected chi connectivity index (χ0v) is 13.0. The van der Waals surface area contributed by atoms with E-state index in [0.29, 0.717) is 18.8 Å². The molecule has 2 fully saturated rings. The van der Waals surface area contributed by atoms with Crippen molar-refractivity contribution >= 4 is 6.09 Å². The zero-order chi connectivity index (χ0) is 17.9. The van der Waals surface area contributed by atoms with Crippen LogP contribution in [0.1, 0.15) is 12.0 Å². The van der Waals surface area contributed by atoms with Crippen LogP contribution < -0.4 is 15.6 Å². The Morgan fingerprint density at radius 1 is 1.24 bits per heavy atom. The predicted molar refractivity (Wildman–Crippen MR) is 77.2 cm³/mol. The van der Waals surface area contributed by atoms with Gasteiger partial charge < -0.3 is 18.9 Å². The van der Waals surface area contributed by atoms with Crippen LogP contribution in [0.25, 0.3) is 0 Å². The highest BCUT2D eigenvalue weighted by Gasteiger charge is 2.43. The van der Waals surface area contributed by atoms with E-state index in [0.717, 1.165) is 6.42 Å². The molecule has 2 saturated heterocycles. The molecule has 0 unspecified atom stereocenters. The zero-order valence-electron chi connectivity index (χ0n) is 13.0. The molecule has 3 rings (SSSR count). The fraction of sp³-hybridized carbons (Fsp3) is 0.533. The third-order valence-corrected chi connectivity index (χ3v) is 3.88. The van der Waals surface area contributed by atoms with E-state index in [1.165, 1.54) is 24.3 Å². The van der Waals surface area contributed by atoms with Gasteiger partial charge in [-0.1, -0.05) is 12.1 Å². The molecule has 0 aromatic heterocycles. The summed E-state index contributed by atoms with van der Waals surface area (Å²) >= 11 is 0. The molecular formula is C15H17F3N2O5. The number of hydrazine groups is 1. The van der Waals surface area contributed by atoms with Crippen LogP contribution in [-0.2, 0) is 20.8 Å². The average Bonchev–Trinajstić information content (AvgIpc) is 3.13. The molecule has 1 aromatic carbocycles. The molecule has 0 spiro atoms. The summed E-state index contributed by atoms with van der Waals surface area (Å²) in [4.78, 5) is 11.8. The first kappa shape index (κ1) is 17.8. The number of nitrogens with one attached hydrogen (secondary N) is 2. The number of hydrogen-bond donors (Lipinski definition) is 2. The van der Waals surface area contributed by atoms with Gasteiger partial charge in [0.25, 0.3) is 0 Å². The normalized spacial score (nSPS) is 25.5. The Morgan fingerprint density at radius 3 is 2.72 bits per heavy atom. The number of fused-ring (bicyclic) bond motifs is 1. The van der Waals surface area contributed by atoms with E-state index in [-0.39, 0.29) is 30.6 Å². The molecule has 1 aromatic rings. The first-order valence-corrected chi connectivity index (χ1v) is 7.68. The topological polar surface area (TPSA) is 78.1 Å². The summed E-state index contributed by atoms with van der Waals surface area (Å²) in [5, 5.41) is 0. The maximum atomic E-state index is 12.1. The lowest BCUT2D eigenvalue weighted by molar-refractivity contribution is -0.274. The summed E-state index contributed by atoms with van der Waals surface area (Å²) in [5.74, 6) is -0.259. The second kappa shape index (κ2) is 7.46. The van der Waals surface area contributed by atoms with Gasteiger partial charge in [0.05, 0.1) is 19.1 Å². The summed E-state index contributed by atoms with van der Waals surface area (Å²) in [7, 11) is 0. The maximum Gasteiger partial charge on any atom is 0.573 e. The van der Waals surface area contributed by atoms with Gasteiger partial charge in [-0.15, -0.1) is 13.2 Å². The average molecular weight is 362 g/mol. The van der Waals surface area contributed by atoms with E-state index in [1.807, 2.05) is 0 Å². The van der Waals surface area contributed by atoms with Gasteiger partial charge in [0, 0.05) is 6.54 Å². The molecule has 10 heteroatoms. The SMILES string of the molecule is O=C(NNCc1ccc(OC(F)(F)F)cc1)O[C@H]1CO[C@H]2OCC[C@H]21. The fourth-order valence-electron chi connectivity index (χ4n) is 2.74. The summed E-state index contributed by atoms with van der Waals surface area (Å²) in [6.07, 6.45) is -5.25. The molecule has 3 atom stereocenters. The molecule has 2 aliphatic rings. The van der Waals surface area contributed by atoms with Crippen molar-refractivity contribution in [2.45, 2.75) is 31.7 Å². The van der Waals surface area contributed by atoms with E-state index in [2.05, 4.69) is 15.6 Å². The van der Waals surface area contributed by atoms with Crippen molar-refractivity contribution in [3.8, 4) is 5.75 Å². The second-order valence-electron chi connectivity index (χ2n) is 5.64. The Hall–Kier alpha value is -2.04. The van der Waals surface area contributed by atoms with E-state index in [4.69, 9.17) is 14.2 Å². The minimum absolute atomic E-state index is 0.0481. The van der Waals surface area contributed by atoms with Gasteiger partial charge in [-0.25, -0.2) is 10.2 Å². The molecule has 2 aliphatic heterocycles. The van der Waals surface area contributed by atoms with Crippen molar-refractivity contribution in [1.82, 2.24) is 10.9 Å². The van der Waals surface area contributed by atoms with Crippen molar-refractivity contribution in [2.75, 3.05) is 13.2 Å². The van der Waals surface area contributed by atoms with Crippen LogP contribution in [0, 0.1) is 5.92 Å². The minimum Gasteiger partial charge on any atom is -0.442 e. The highest BCUT2D eigenvalue weighted by molar-refractivity contribution is 5.66. The Morgan fingerprint density at radius 2 is 2.00 bits per heavy atom. The molecule has 0 radical (unpaired) electrons. The maximum absolute atomic E-state index is 12.1. The van der Waals surface area contributed by atoms with Gasteiger partial charge in [-0.3, -0.25) is 5.43 Å². The number of carbonyl (C=O) groups is 1. The van der Waals surface area contributed by atoms with Gasteiger partial charge in [-0.05, 0) is 24.1 Å². The van der Waals surface area contributed by atoms with Crippen LogP contribution in [0.4, 0.5) is 18.0 Å². The first-order valence-electron chi connectivity index (χ1n) is 7.68. The van der Waals surface area contributed by atoms with Gasteiger partial charge in [0.2, 0.25) is 0 Å². The quantitative estimate of drug-likeness (QED) is 0.781. The molecule has 0 bridgehead atoms. The van der Waals surface area contributed by atoms with Crippen LogP contribution >= 0.6 is 0 Å². The molecular weight excluding hydrogens is 345 g/mol.